The normalized spacial score (nSPS) is 16.7. The SMILES string of the molecule is Cc1ccc(OC(C)C(=O)N2CCC(C(C)(C)CNC(=O)CCl)CC2)cc1. The lowest BCUT2D eigenvalue weighted by Crippen LogP contribution is -2.48. The summed E-state index contributed by atoms with van der Waals surface area (Å²) in [7, 11) is 0. The van der Waals surface area contributed by atoms with Crippen LogP contribution in [-0.2, 0) is 9.59 Å². The van der Waals surface area contributed by atoms with Gasteiger partial charge in [0.1, 0.15) is 11.6 Å². The Hall–Kier alpha value is -1.75. The van der Waals surface area contributed by atoms with E-state index in [-0.39, 0.29) is 23.1 Å². The maximum atomic E-state index is 12.7. The fourth-order valence-corrected chi connectivity index (χ4v) is 3.62. The number of hydrogen-bond acceptors (Lipinski definition) is 3. The summed E-state index contributed by atoms with van der Waals surface area (Å²) >= 11 is 5.55. The molecule has 1 heterocycles. The molecule has 27 heavy (non-hydrogen) atoms. The number of rotatable bonds is 7. The number of carbonyl (C=O) groups is 2. The molecular weight excluding hydrogens is 364 g/mol. The molecule has 1 fully saturated rings. The van der Waals surface area contributed by atoms with Crippen LogP contribution in [0.25, 0.3) is 0 Å². The summed E-state index contributed by atoms with van der Waals surface area (Å²) in [5, 5.41) is 2.88. The molecule has 0 radical (unpaired) electrons. The van der Waals surface area contributed by atoms with Crippen molar-refractivity contribution in [2.45, 2.75) is 46.6 Å². The van der Waals surface area contributed by atoms with Gasteiger partial charge in [-0.25, -0.2) is 0 Å². The van der Waals surface area contributed by atoms with Gasteiger partial charge in [-0.3, -0.25) is 9.59 Å². The summed E-state index contributed by atoms with van der Waals surface area (Å²) in [5.41, 5.74) is 1.13. The van der Waals surface area contributed by atoms with E-state index in [1.54, 1.807) is 6.92 Å². The van der Waals surface area contributed by atoms with Crippen molar-refractivity contribution in [1.82, 2.24) is 10.2 Å². The number of hydrogen-bond donors (Lipinski definition) is 1. The van der Waals surface area contributed by atoms with Crippen LogP contribution in [0.4, 0.5) is 0 Å². The monoisotopic (exact) mass is 394 g/mol. The lowest BCUT2D eigenvalue weighted by Gasteiger charge is -2.41. The Kier molecular flexibility index (Phi) is 7.54. The summed E-state index contributed by atoms with van der Waals surface area (Å²) in [6.07, 6.45) is 1.35. The molecule has 150 valence electrons. The number of alkyl halides is 1. The largest absolute Gasteiger partial charge is 0.481 e. The minimum absolute atomic E-state index is 0.0120. The third-order valence-corrected chi connectivity index (χ3v) is 5.70. The van der Waals surface area contributed by atoms with Gasteiger partial charge in [-0.2, -0.15) is 0 Å². The number of nitrogens with zero attached hydrogens (tertiary/aromatic N) is 1. The first kappa shape index (κ1) is 21.5. The topological polar surface area (TPSA) is 58.6 Å². The molecular formula is C21H31ClN2O3. The quantitative estimate of drug-likeness (QED) is 0.721. The Labute approximate surface area is 167 Å². The second kappa shape index (κ2) is 9.45. The van der Waals surface area contributed by atoms with Crippen molar-refractivity contribution in [3.05, 3.63) is 29.8 Å². The van der Waals surface area contributed by atoms with Crippen LogP contribution in [0.2, 0.25) is 0 Å². The molecule has 1 aromatic rings. The van der Waals surface area contributed by atoms with E-state index in [9.17, 15) is 9.59 Å². The highest BCUT2D eigenvalue weighted by atomic mass is 35.5. The van der Waals surface area contributed by atoms with Gasteiger partial charge in [-0.15, -0.1) is 11.6 Å². The lowest BCUT2D eigenvalue weighted by molar-refractivity contribution is -0.140. The standard InChI is InChI=1S/C21H31ClN2O3/c1-15-5-7-18(8-6-15)27-16(2)20(26)24-11-9-17(10-12-24)21(3,4)14-23-19(25)13-22/h5-8,16-17H,9-14H2,1-4H3,(H,23,25). The van der Waals surface area contributed by atoms with E-state index in [4.69, 9.17) is 16.3 Å². The number of halogens is 1. The highest BCUT2D eigenvalue weighted by Gasteiger charge is 2.35. The van der Waals surface area contributed by atoms with Crippen LogP contribution in [-0.4, -0.2) is 48.3 Å². The second-order valence-electron chi connectivity index (χ2n) is 8.07. The molecule has 0 spiro atoms. The molecule has 0 saturated carbocycles. The molecule has 2 rings (SSSR count). The molecule has 1 saturated heterocycles. The van der Waals surface area contributed by atoms with Gasteiger partial charge in [0.25, 0.3) is 5.91 Å². The maximum Gasteiger partial charge on any atom is 0.263 e. The van der Waals surface area contributed by atoms with Crippen molar-refractivity contribution < 1.29 is 14.3 Å². The van der Waals surface area contributed by atoms with Gasteiger partial charge >= 0.3 is 0 Å². The summed E-state index contributed by atoms with van der Waals surface area (Å²) < 4.78 is 5.80. The first-order valence-corrected chi connectivity index (χ1v) is 10.1. The third kappa shape index (κ3) is 6.13. The zero-order valence-electron chi connectivity index (χ0n) is 16.8. The first-order chi connectivity index (χ1) is 12.7. The third-order valence-electron chi connectivity index (χ3n) is 5.46. The zero-order chi connectivity index (χ0) is 20.0. The van der Waals surface area contributed by atoms with Crippen molar-refractivity contribution >= 4 is 23.4 Å². The van der Waals surface area contributed by atoms with E-state index in [2.05, 4.69) is 19.2 Å². The van der Waals surface area contributed by atoms with Gasteiger partial charge in [0.05, 0.1) is 0 Å². The molecule has 6 heteroatoms. The number of carbonyl (C=O) groups excluding carboxylic acids is 2. The maximum absolute atomic E-state index is 12.7. The van der Waals surface area contributed by atoms with Gasteiger partial charge in [-0.05, 0) is 50.2 Å². The molecule has 0 aromatic heterocycles. The molecule has 0 aliphatic carbocycles. The predicted octanol–water partition coefficient (Wildman–Crippen LogP) is 3.38. The molecule has 1 N–H and O–H groups in total. The van der Waals surface area contributed by atoms with E-state index in [0.717, 1.165) is 31.5 Å². The van der Waals surface area contributed by atoms with Gasteiger partial charge in [0.2, 0.25) is 5.91 Å². The van der Waals surface area contributed by atoms with Gasteiger partial charge in [-0.1, -0.05) is 31.5 Å². The number of benzene rings is 1. The molecule has 5 nitrogen and oxygen atoms in total. The molecule has 1 atom stereocenters. The van der Waals surface area contributed by atoms with E-state index < -0.39 is 6.10 Å². The van der Waals surface area contributed by atoms with Crippen LogP contribution in [0.15, 0.2) is 24.3 Å². The van der Waals surface area contributed by atoms with Gasteiger partial charge in [0, 0.05) is 19.6 Å². The highest BCUT2D eigenvalue weighted by molar-refractivity contribution is 6.27. The fraction of sp³-hybridized carbons (Fsp3) is 0.619. The van der Waals surface area contributed by atoms with E-state index >= 15 is 0 Å². The Balaban J connectivity index is 1.84. The average Bonchev–Trinajstić information content (AvgIpc) is 2.67. The number of ether oxygens (including phenoxy) is 1. The number of aryl methyl sites for hydroxylation is 1. The molecule has 1 aromatic carbocycles. The highest BCUT2D eigenvalue weighted by Crippen LogP contribution is 2.34. The van der Waals surface area contributed by atoms with Crippen LogP contribution >= 0.6 is 11.6 Å². The number of amides is 2. The molecule has 1 aliphatic heterocycles. The predicted molar refractivity (Wildman–Crippen MR) is 108 cm³/mol. The molecule has 0 bridgehead atoms. The van der Waals surface area contributed by atoms with Crippen LogP contribution in [0.3, 0.4) is 0 Å². The lowest BCUT2D eigenvalue weighted by atomic mass is 9.73. The smallest absolute Gasteiger partial charge is 0.263 e. The van der Waals surface area contributed by atoms with Crippen molar-refractivity contribution in [3.8, 4) is 5.75 Å². The van der Waals surface area contributed by atoms with Gasteiger partial charge < -0.3 is 15.0 Å². The molecule has 2 amide bonds. The molecule has 1 unspecified atom stereocenters. The fourth-order valence-electron chi connectivity index (χ4n) is 3.53. The van der Waals surface area contributed by atoms with Crippen LogP contribution < -0.4 is 10.1 Å². The van der Waals surface area contributed by atoms with Crippen molar-refractivity contribution in [2.75, 3.05) is 25.5 Å². The number of likely N-dealkylation sites (tertiary alicyclic amines) is 1. The van der Waals surface area contributed by atoms with Crippen molar-refractivity contribution in [1.29, 1.82) is 0 Å². The summed E-state index contributed by atoms with van der Waals surface area (Å²) in [4.78, 5) is 26.0. The Morgan fingerprint density at radius 2 is 1.85 bits per heavy atom. The average molecular weight is 395 g/mol. The summed E-state index contributed by atoms with van der Waals surface area (Å²) in [6.45, 7) is 10.2. The summed E-state index contributed by atoms with van der Waals surface area (Å²) in [5.74, 6) is 1.04. The van der Waals surface area contributed by atoms with Crippen LogP contribution in [0, 0.1) is 18.3 Å². The first-order valence-electron chi connectivity index (χ1n) is 9.57. The number of piperidine rings is 1. The van der Waals surface area contributed by atoms with E-state index in [0.29, 0.717) is 18.2 Å². The van der Waals surface area contributed by atoms with E-state index in [1.807, 2.05) is 36.1 Å². The summed E-state index contributed by atoms with van der Waals surface area (Å²) in [6, 6.07) is 7.73. The second-order valence-corrected chi connectivity index (χ2v) is 8.34. The Bertz CT molecular complexity index is 637. The van der Waals surface area contributed by atoms with Crippen LogP contribution in [0.1, 0.15) is 39.2 Å². The van der Waals surface area contributed by atoms with E-state index in [1.165, 1.54) is 0 Å². The van der Waals surface area contributed by atoms with Gasteiger partial charge in [0.15, 0.2) is 6.10 Å². The van der Waals surface area contributed by atoms with Crippen LogP contribution in [0.5, 0.6) is 5.75 Å². The number of nitrogens with one attached hydrogen (secondary N) is 1. The minimum atomic E-state index is -0.500. The Morgan fingerprint density at radius 1 is 1.26 bits per heavy atom. The van der Waals surface area contributed by atoms with Crippen molar-refractivity contribution in [2.24, 2.45) is 11.3 Å². The Morgan fingerprint density at radius 3 is 2.41 bits per heavy atom. The zero-order valence-corrected chi connectivity index (χ0v) is 17.5. The van der Waals surface area contributed by atoms with Crippen molar-refractivity contribution in [3.63, 3.8) is 0 Å². The minimum Gasteiger partial charge on any atom is -0.481 e. The molecule has 1 aliphatic rings.